The Bertz CT molecular complexity index is 689. The first-order valence-electron chi connectivity index (χ1n) is 8.33. The molecule has 1 aromatic heterocycles. The monoisotopic (exact) mass is 345 g/mol. The first-order chi connectivity index (χ1) is 12.2. The van der Waals surface area contributed by atoms with Crippen molar-refractivity contribution >= 4 is 11.7 Å². The second-order valence-corrected chi connectivity index (χ2v) is 6.07. The number of aromatic nitrogens is 1. The van der Waals surface area contributed by atoms with Crippen LogP contribution in [-0.4, -0.2) is 43.5 Å². The molecule has 0 bridgehead atoms. The van der Waals surface area contributed by atoms with E-state index < -0.39 is 6.04 Å². The van der Waals surface area contributed by atoms with Gasteiger partial charge < -0.3 is 19.3 Å². The van der Waals surface area contributed by atoms with Gasteiger partial charge in [0.1, 0.15) is 11.8 Å². The topological polar surface area (TPSA) is 85.6 Å². The number of nitrogens with one attached hydrogen (secondary N) is 2. The fourth-order valence-electron chi connectivity index (χ4n) is 2.94. The van der Waals surface area contributed by atoms with Crippen molar-refractivity contribution < 1.29 is 18.8 Å². The molecule has 1 fully saturated rings. The quantitative estimate of drug-likeness (QED) is 0.833. The molecule has 1 aromatic carbocycles. The molecule has 0 radical (unpaired) electrons. The predicted octanol–water partition coefficient (Wildman–Crippen LogP) is 2.06. The molecular formula is C18H23N3O4. The predicted molar refractivity (Wildman–Crippen MR) is 92.2 cm³/mol. The van der Waals surface area contributed by atoms with E-state index in [0.717, 1.165) is 12.0 Å². The van der Waals surface area contributed by atoms with E-state index in [1.807, 2.05) is 30.3 Å². The molecule has 3 rings (SSSR count). The van der Waals surface area contributed by atoms with Gasteiger partial charge in [0.25, 0.3) is 0 Å². The molecule has 7 heteroatoms. The molecule has 134 valence electrons. The van der Waals surface area contributed by atoms with Crippen molar-refractivity contribution in [1.82, 2.24) is 10.5 Å². The van der Waals surface area contributed by atoms with Crippen LogP contribution in [0.4, 0.5) is 5.82 Å². The highest BCUT2D eigenvalue weighted by Crippen LogP contribution is 2.20. The summed E-state index contributed by atoms with van der Waals surface area (Å²) in [7, 11) is 1.66. The largest absolute Gasteiger partial charge is 0.379 e. The molecule has 2 aromatic rings. The Labute approximate surface area is 146 Å². The van der Waals surface area contributed by atoms with Gasteiger partial charge >= 0.3 is 0 Å². The van der Waals surface area contributed by atoms with E-state index >= 15 is 0 Å². The number of carbonyl (C=O) groups is 1. The molecular weight excluding hydrogens is 322 g/mol. The molecule has 3 atom stereocenters. The summed E-state index contributed by atoms with van der Waals surface area (Å²) in [5, 5.41) is 10.1. The summed E-state index contributed by atoms with van der Waals surface area (Å²) in [6.07, 6.45) is 0.681. The third-order valence-electron chi connectivity index (χ3n) is 4.26. The Kier molecular flexibility index (Phi) is 5.80. The average Bonchev–Trinajstić information content (AvgIpc) is 3.05. The minimum absolute atomic E-state index is 0.0220. The normalized spacial score (nSPS) is 21.7. The van der Waals surface area contributed by atoms with Gasteiger partial charge in [-0.15, -0.1) is 0 Å². The molecule has 0 spiro atoms. The van der Waals surface area contributed by atoms with Crippen molar-refractivity contribution in [2.75, 3.05) is 25.6 Å². The second-order valence-electron chi connectivity index (χ2n) is 6.07. The number of amides is 1. The van der Waals surface area contributed by atoms with Crippen LogP contribution in [0.1, 0.15) is 23.8 Å². The molecule has 7 nitrogen and oxygen atoms in total. The zero-order valence-electron chi connectivity index (χ0n) is 14.4. The van der Waals surface area contributed by atoms with Crippen LogP contribution in [0, 0.1) is 6.92 Å². The van der Waals surface area contributed by atoms with Gasteiger partial charge in [-0.1, -0.05) is 35.5 Å². The Balaban J connectivity index is 1.78. The lowest BCUT2D eigenvalue weighted by atomic mass is 10.0. The van der Waals surface area contributed by atoms with Crippen LogP contribution in [0.25, 0.3) is 0 Å². The Morgan fingerprint density at radius 3 is 2.84 bits per heavy atom. The van der Waals surface area contributed by atoms with E-state index in [4.69, 9.17) is 14.0 Å². The lowest BCUT2D eigenvalue weighted by Gasteiger charge is -2.34. The molecule has 1 aliphatic heterocycles. The Hall–Kier alpha value is -2.22. The van der Waals surface area contributed by atoms with Crippen molar-refractivity contribution in [1.29, 1.82) is 0 Å². The van der Waals surface area contributed by atoms with Crippen LogP contribution in [0.5, 0.6) is 0 Å². The van der Waals surface area contributed by atoms with Crippen LogP contribution in [-0.2, 0) is 14.3 Å². The van der Waals surface area contributed by atoms with Gasteiger partial charge in [0.15, 0.2) is 5.82 Å². The second kappa shape index (κ2) is 8.24. The van der Waals surface area contributed by atoms with Gasteiger partial charge in [0, 0.05) is 25.8 Å². The van der Waals surface area contributed by atoms with E-state index in [9.17, 15) is 4.79 Å². The van der Waals surface area contributed by atoms with Crippen LogP contribution in [0.2, 0.25) is 0 Å². The number of methoxy groups -OCH3 is 1. The van der Waals surface area contributed by atoms with Crippen molar-refractivity contribution in [3.05, 3.63) is 47.7 Å². The lowest BCUT2D eigenvalue weighted by molar-refractivity contribution is -0.119. The molecule has 2 N–H and O–H groups in total. The van der Waals surface area contributed by atoms with E-state index in [1.165, 1.54) is 0 Å². The Morgan fingerprint density at radius 2 is 2.16 bits per heavy atom. The minimum atomic E-state index is -0.529. The summed E-state index contributed by atoms with van der Waals surface area (Å²) >= 11 is 0. The number of carbonyl (C=O) groups excluding carboxylic acids is 1. The zero-order valence-corrected chi connectivity index (χ0v) is 14.4. The van der Waals surface area contributed by atoms with Gasteiger partial charge in [-0.2, -0.15) is 0 Å². The number of nitrogens with zero attached hydrogens (tertiary/aromatic N) is 1. The molecule has 0 saturated carbocycles. The first-order valence-corrected chi connectivity index (χ1v) is 8.33. The molecule has 1 aliphatic rings. The summed E-state index contributed by atoms with van der Waals surface area (Å²) in [6.45, 7) is 2.93. The summed E-state index contributed by atoms with van der Waals surface area (Å²) < 4.78 is 16.0. The van der Waals surface area contributed by atoms with E-state index in [0.29, 0.717) is 24.8 Å². The number of rotatable bonds is 6. The minimum Gasteiger partial charge on any atom is -0.379 e. The summed E-state index contributed by atoms with van der Waals surface area (Å²) in [5.41, 5.74) is 0.876. The van der Waals surface area contributed by atoms with Crippen molar-refractivity contribution in [3.63, 3.8) is 0 Å². The third kappa shape index (κ3) is 4.45. The number of benzene rings is 1. The first kappa shape index (κ1) is 17.6. The number of aryl methyl sites for hydroxylation is 1. The van der Waals surface area contributed by atoms with Crippen LogP contribution in [0.3, 0.4) is 0 Å². The van der Waals surface area contributed by atoms with E-state index in [-0.39, 0.29) is 18.1 Å². The highest BCUT2D eigenvalue weighted by atomic mass is 16.5. The molecule has 2 heterocycles. The fourth-order valence-corrected chi connectivity index (χ4v) is 2.94. The van der Waals surface area contributed by atoms with Crippen molar-refractivity contribution in [2.45, 2.75) is 31.5 Å². The molecule has 25 heavy (non-hydrogen) atoms. The highest BCUT2D eigenvalue weighted by Gasteiger charge is 2.31. The van der Waals surface area contributed by atoms with Crippen LogP contribution in [0.15, 0.2) is 40.9 Å². The number of anilines is 1. The smallest absolute Gasteiger partial charge is 0.247 e. The highest BCUT2D eigenvalue weighted by molar-refractivity contribution is 5.94. The van der Waals surface area contributed by atoms with Crippen LogP contribution >= 0.6 is 0 Å². The van der Waals surface area contributed by atoms with Gasteiger partial charge in [-0.05, 0) is 18.9 Å². The summed E-state index contributed by atoms with van der Waals surface area (Å²) in [5.74, 6) is 0.852. The van der Waals surface area contributed by atoms with E-state index in [1.54, 1.807) is 20.1 Å². The van der Waals surface area contributed by atoms with Gasteiger partial charge in [-0.25, -0.2) is 0 Å². The number of ether oxygens (including phenoxy) is 2. The average molecular weight is 345 g/mol. The lowest BCUT2D eigenvalue weighted by Crippen LogP contribution is -2.50. The standard InChI is InChI=1S/C18H23N3O4/c1-12-10-16(21-25-12)20-18(22)17(13-6-4-3-5-7-13)19-14-8-9-24-11-15(14)23-2/h3-7,10,14-15,17,19H,8-9,11H2,1-2H3,(H,20,21,22)/t14-,15-,17?/m1/s1. The maximum absolute atomic E-state index is 12.9. The number of hydrogen-bond donors (Lipinski definition) is 2. The van der Waals surface area contributed by atoms with Crippen LogP contribution < -0.4 is 10.6 Å². The Morgan fingerprint density at radius 1 is 1.36 bits per heavy atom. The summed E-state index contributed by atoms with van der Waals surface area (Å²) in [6, 6.07) is 10.8. The number of hydrogen-bond acceptors (Lipinski definition) is 6. The molecule has 1 unspecified atom stereocenters. The van der Waals surface area contributed by atoms with Crippen molar-refractivity contribution in [3.8, 4) is 0 Å². The zero-order chi connectivity index (χ0) is 17.6. The SMILES string of the molecule is CO[C@@H]1COCC[C@H]1NC(C(=O)Nc1cc(C)on1)c1ccccc1. The summed E-state index contributed by atoms with van der Waals surface area (Å²) in [4.78, 5) is 12.9. The fraction of sp³-hybridized carbons (Fsp3) is 0.444. The van der Waals surface area contributed by atoms with E-state index in [2.05, 4.69) is 15.8 Å². The maximum Gasteiger partial charge on any atom is 0.247 e. The van der Waals surface area contributed by atoms with Gasteiger partial charge in [-0.3, -0.25) is 10.1 Å². The van der Waals surface area contributed by atoms with Crippen molar-refractivity contribution in [2.24, 2.45) is 0 Å². The van der Waals surface area contributed by atoms with Gasteiger partial charge in [0.2, 0.25) is 5.91 Å². The maximum atomic E-state index is 12.9. The third-order valence-corrected chi connectivity index (χ3v) is 4.26. The van der Waals surface area contributed by atoms with Gasteiger partial charge in [0.05, 0.1) is 12.7 Å². The molecule has 0 aliphatic carbocycles. The molecule has 1 saturated heterocycles. The molecule has 1 amide bonds.